The van der Waals surface area contributed by atoms with Crippen molar-refractivity contribution < 1.29 is 9.15 Å². The normalized spacial score (nSPS) is 10.8. The van der Waals surface area contributed by atoms with Gasteiger partial charge in [0.1, 0.15) is 17.1 Å². The minimum Gasteiger partial charge on any atom is -0.457 e. The summed E-state index contributed by atoms with van der Waals surface area (Å²) in [6.07, 6.45) is 0. The zero-order valence-corrected chi connectivity index (χ0v) is 12.3. The zero-order valence-electron chi connectivity index (χ0n) is 10.8. The highest BCUT2D eigenvalue weighted by atomic mass is 35.5. The van der Waals surface area contributed by atoms with E-state index in [1.165, 1.54) is 6.07 Å². The van der Waals surface area contributed by atoms with Crippen molar-refractivity contribution in [2.75, 3.05) is 0 Å². The lowest BCUT2D eigenvalue weighted by Gasteiger charge is -2.07. The zero-order chi connectivity index (χ0) is 14.8. The standard InChI is InChI=1S/C16H10Cl2O3/c17-9-10-6-16(19)21-15-8-13(4-5-14(10)15)20-12-3-1-2-11(18)7-12/h1-8H,9H2. The Bertz CT molecular complexity index is 856. The first kappa shape index (κ1) is 14.0. The molecular weight excluding hydrogens is 311 g/mol. The maximum Gasteiger partial charge on any atom is 0.336 e. The summed E-state index contributed by atoms with van der Waals surface area (Å²) < 4.78 is 10.9. The summed E-state index contributed by atoms with van der Waals surface area (Å²) in [5.74, 6) is 1.41. The molecule has 0 saturated heterocycles. The van der Waals surface area contributed by atoms with Gasteiger partial charge in [-0.2, -0.15) is 0 Å². The van der Waals surface area contributed by atoms with Crippen molar-refractivity contribution in [1.29, 1.82) is 0 Å². The highest BCUT2D eigenvalue weighted by Gasteiger charge is 2.07. The molecule has 106 valence electrons. The van der Waals surface area contributed by atoms with Gasteiger partial charge in [-0.05, 0) is 35.9 Å². The van der Waals surface area contributed by atoms with Crippen LogP contribution in [0.1, 0.15) is 5.56 Å². The maximum atomic E-state index is 11.5. The molecule has 0 atom stereocenters. The molecule has 5 heteroatoms. The van der Waals surface area contributed by atoms with E-state index in [0.717, 1.165) is 10.9 Å². The van der Waals surface area contributed by atoms with Gasteiger partial charge in [-0.25, -0.2) is 4.79 Å². The van der Waals surface area contributed by atoms with Gasteiger partial charge >= 0.3 is 5.63 Å². The van der Waals surface area contributed by atoms with E-state index in [-0.39, 0.29) is 5.88 Å². The number of halogens is 2. The number of alkyl halides is 1. The van der Waals surface area contributed by atoms with Gasteiger partial charge in [0.2, 0.25) is 0 Å². The van der Waals surface area contributed by atoms with Crippen LogP contribution in [0.3, 0.4) is 0 Å². The molecule has 0 bridgehead atoms. The number of ether oxygens (including phenoxy) is 1. The third kappa shape index (κ3) is 3.04. The Hall–Kier alpha value is -1.97. The van der Waals surface area contributed by atoms with E-state index in [9.17, 15) is 4.79 Å². The summed E-state index contributed by atoms with van der Waals surface area (Å²) in [4.78, 5) is 11.5. The molecule has 0 radical (unpaired) electrons. The first-order chi connectivity index (χ1) is 10.2. The van der Waals surface area contributed by atoms with Crippen molar-refractivity contribution in [2.45, 2.75) is 5.88 Å². The summed E-state index contributed by atoms with van der Waals surface area (Å²) in [6.45, 7) is 0. The van der Waals surface area contributed by atoms with Crippen molar-refractivity contribution >= 4 is 34.2 Å². The van der Waals surface area contributed by atoms with Crippen molar-refractivity contribution in [3.05, 3.63) is 69.5 Å². The van der Waals surface area contributed by atoms with Crippen LogP contribution in [0.25, 0.3) is 11.0 Å². The van der Waals surface area contributed by atoms with Gasteiger partial charge in [0.05, 0.1) is 0 Å². The van der Waals surface area contributed by atoms with Crippen molar-refractivity contribution in [3.63, 3.8) is 0 Å². The number of benzene rings is 2. The topological polar surface area (TPSA) is 39.4 Å². The Morgan fingerprint density at radius 1 is 1.05 bits per heavy atom. The molecule has 0 saturated carbocycles. The Morgan fingerprint density at radius 3 is 2.62 bits per heavy atom. The van der Waals surface area contributed by atoms with Gasteiger partial charge in [-0.1, -0.05) is 17.7 Å². The Morgan fingerprint density at radius 2 is 1.86 bits per heavy atom. The quantitative estimate of drug-likeness (QED) is 0.504. The summed E-state index contributed by atoms with van der Waals surface area (Å²) in [5.41, 5.74) is 0.743. The van der Waals surface area contributed by atoms with Crippen LogP contribution in [-0.4, -0.2) is 0 Å². The minimum absolute atomic E-state index is 0.247. The molecule has 1 aromatic heterocycles. The van der Waals surface area contributed by atoms with Crippen LogP contribution in [0.15, 0.2) is 57.7 Å². The van der Waals surface area contributed by atoms with Crippen LogP contribution in [0.2, 0.25) is 5.02 Å². The Kier molecular flexibility index (Phi) is 3.86. The molecule has 0 aliphatic rings. The van der Waals surface area contributed by atoms with Crippen LogP contribution in [-0.2, 0) is 5.88 Å². The van der Waals surface area contributed by atoms with Crippen LogP contribution in [0.4, 0.5) is 0 Å². The van der Waals surface area contributed by atoms with Crippen LogP contribution in [0, 0.1) is 0 Å². The second-order valence-electron chi connectivity index (χ2n) is 4.44. The van der Waals surface area contributed by atoms with Gasteiger partial charge in [0.15, 0.2) is 0 Å². The number of fused-ring (bicyclic) bond motifs is 1. The third-order valence-electron chi connectivity index (χ3n) is 2.98. The fraction of sp³-hybridized carbons (Fsp3) is 0.0625. The van der Waals surface area contributed by atoms with Gasteiger partial charge in [0, 0.05) is 28.4 Å². The van der Waals surface area contributed by atoms with Gasteiger partial charge in [-0.3, -0.25) is 0 Å². The Balaban J connectivity index is 2.03. The number of rotatable bonds is 3. The second-order valence-corrected chi connectivity index (χ2v) is 5.15. The predicted octanol–water partition coefficient (Wildman–Crippen LogP) is 4.98. The molecular formula is C16H10Cl2O3. The highest BCUT2D eigenvalue weighted by Crippen LogP contribution is 2.28. The molecule has 3 aromatic rings. The van der Waals surface area contributed by atoms with Crippen LogP contribution >= 0.6 is 23.2 Å². The highest BCUT2D eigenvalue weighted by molar-refractivity contribution is 6.30. The first-order valence-electron chi connectivity index (χ1n) is 6.22. The molecule has 0 fully saturated rings. The fourth-order valence-corrected chi connectivity index (χ4v) is 2.45. The van der Waals surface area contributed by atoms with Crippen LogP contribution in [0.5, 0.6) is 11.5 Å². The minimum atomic E-state index is -0.432. The molecule has 0 spiro atoms. The molecule has 0 unspecified atom stereocenters. The van der Waals surface area contributed by atoms with Gasteiger partial charge in [0.25, 0.3) is 0 Å². The van der Waals surface area contributed by atoms with E-state index in [0.29, 0.717) is 22.1 Å². The first-order valence-corrected chi connectivity index (χ1v) is 7.13. The largest absolute Gasteiger partial charge is 0.457 e. The lowest BCUT2D eigenvalue weighted by atomic mass is 10.1. The summed E-state index contributed by atoms with van der Waals surface area (Å²) in [6, 6.07) is 13.7. The van der Waals surface area contributed by atoms with E-state index in [1.807, 2.05) is 6.07 Å². The third-order valence-corrected chi connectivity index (χ3v) is 3.50. The van der Waals surface area contributed by atoms with Gasteiger partial charge < -0.3 is 9.15 Å². The molecule has 0 aliphatic heterocycles. The molecule has 0 N–H and O–H groups in total. The average Bonchev–Trinajstić information content (AvgIpc) is 2.46. The summed E-state index contributed by atoms with van der Waals surface area (Å²) in [5, 5.41) is 1.38. The van der Waals surface area contributed by atoms with E-state index in [2.05, 4.69) is 0 Å². The lowest BCUT2D eigenvalue weighted by molar-refractivity contribution is 0.480. The summed E-state index contributed by atoms with van der Waals surface area (Å²) >= 11 is 11.8. The van der Waals surface area contributed by atoms with E-state index in [4.69, 9.17) is 32.4 Å². The van der Waals surface area contributed by atoms with E-state index < -0.39 is 5.63 Å². The number of hydrogen-bond acceptors (Lipinski definition) is 3. The number of hydrogen-bond donors (Lipinski definition) is 0. The van der Waals surface area contributed by atoms with Gasteiger partial charge in [-0.15, -0.1) is 11.6 Å². The second kappa shape index (κ2) is 5.80. The van der Waals surface area contributed by atoms with Crippen LogP contribution < -0.4 is 10.4 Å². The molecule has 0 aliphatic carbocycles. The van der Waals surface area contributed by atoms with Crippen molar-refractivity contribution in [3.8, 4) is 11.5 Å². The molecule has 21 heavy (non-hydrogen) atoms. The molecule has 1 heterocycles. The van der Waals surface area contributed by atoms with E-state index >= 15 is 0 Å². The van der Waals surface area contributed by atoms with Crippen molar-refractivity contribution in [1.82, 2.24) is 0 Å². The molecule has 0 amide bonds. The smallest absolute Gasteiger partial charge is 0.336 e. The van der Waals surface area contributed by atoms with E-state index in [1.54, 1.807) is 36.4 Å². The SMILES string of the molecule is O=c1cc(CCl)c2ccc(Oc3cccc(Cl)c3)cc2o1. The Labute approximate surface area is 130 Å². The lowest BCUT2D eigenvalue weighted by Crippen LogP contribution is -1.99. The molecule has 3 rings (SSSR count). The van der Waals surface area contributed by atoms with Crippen molar-refractivity contribution in [2.24, 2.45) is 0 Å². The monoisotopic (exact) mass is 320 g/mol. The summed E-state index contributed by atoms with van der Waals surface area (Å²) in [7, 11) is 0. The molecule has 2 aromatic carbocycles. The predicted molar refractivity (Wildman–Crippen MR) is 83.6 cm³/mol. The maximum absolute atomic E-state index is 11.5. The molecule has 3 nitrogen and oxygen atoms in total. The fourth-order valence-electron chi connectivity index (χ4n) is 2.05. The average molecular weight is 321 g/mol.